The molecule has 8 heteroatoms. The van der Waals surface area contributed by atoms with Gasteiger partial charge in [0.25, 0.3) is 0 Å². The Kier molecular flexibility index (Phi) is 16.2. The first-order chi connectivity index (χ1) is 61.8. The predicted molar refractivity (Wildman–Crippen MR) is 542 cm³/mol. The number of para-hydroxylation sites is 5. The molecule has 586 valence electrons. The van der Waals surface area contributed by atoms with Gasteiger partial charge >= 0.3 is 0 Å². The van der Waals surface area contributed by atoms with Crippen molar-refractivity contribution in [1.29, 1.82) is 0 Å². The lowest BCUT2D eigenvalue weighted by Crippen LogP contribution is -2.14. The highest BCUT2D eigenvalue weighted by molar-refractivity contribution is 7.28. The average molecular weight is 1660 g/mol. The topological polar surface area (TPSA) is 19.7 Å². The van der Waals surface area contributed by atoms with Crippen molar-refractivity contribution in [3.8, 4) is 67.3 Å². The van der Waals surface area contributed by atoms with Crippen LogP contribution >= 0.6 is 45.3 Å². The summed E-state index contributed by atoms with van der Waals surface area (Å²) in [7, 11) is 0. The van der Waals surface area contributed by atoms with E-state index in [0.29, 0.717) is 0 Å². The van der Waals surface area contributed by atoms with Crippen molar-refractivity contribution in [1.82, 2.24) is 18.3 Å². The number of aromatic nitrogens is 4. The molecule has 0 atom stereocenters. The minimum absolute atomic E-state index is 0.00276. The van der Waals surface area contributed by atoms with Gasteiger partial charge < -0.3 is 18.3 Å². The van der Waals surface area contributed by atoms with Crippen LogP contribution in [0.4, 0.5) is 0 Å². The summed E-state index contributed by atoms with van der Waals surface area (Å²) in [5.41, 5.74) is 27.7. The lowest BCUT2D eigenvalue weighted by Gasteiger charge is -2.22. The molecule has 8 heterocycles. The summed E-state index contributed by atoms with van der Waals surface area (Å²) in [4.78, 5) is 0. The minimum atomic E-state index is 0.00276. The van der Waals surface area contributed by atoms with Crippen LogP contribution in [0.1, 0.15) is 25.0 Å². The Labute approximate surface area is 735 Å². The van der Waals surface area contributed by atoms with Gasteiger partial charge in [-0.15, -0.1) is 45.3 Å². The van der Waals surface area contributed by atoms with Gasteiger partial charge in [0.05, 0.1) is 44.1 Å². The standard InChI is InChI=1S/C42H26N2S.C39H27NS.C36H21NS2/c1-2-10-29(11-3-1)44-36-15-7-4-12-31(36)32-23-20-28(26-39(32)44)27-18-21-30(22-19-27)43-37-16-8-5-14-35(37)41-38(43)25-24-34-33-13-6-9-17-40(33)45-42(34)41;1-39(2)32-12-6-3-9-27(32)28-20-17-25(23-33(28)39)24-15-18-26(19-16-24)40-34-13-7-4-11-31(34)37-35(40)22-21-30-29-10-5-8-14-36(29)41-38(30)37;1-4-16-30-29(13-1)34-31(20-19-28-26-12-3-6-18-33(26)39-36(28)34)37(30)23-10-7-9-22(21-23)24-14-8-15-27-25-11-2-5-17-32(25)38-35(24)27/h1-26H;3-23H,1-2H3;1-21H. The Morgan fingerprint density at radius 1 is 0.176 bits per heavy atom. The van der Waals surface area contributed by atoms with Crippen molar-refractivity contribution in [2.24, 2.45) is 0 Å². The summed E-state index contributed by atoms with van der Waals surface area (Å²) in [6.45, 7) is 4.70. The van der Waals surface area contributed by atoms with Crippen molar-refractivity contribution >= 4 is 213 Å². The largest absolute Gasteiger partial charge is 0.309 e. The maximum absolute atomic E-state index is 2.45. The molecule has 0 saturated heterocycles. The molecule has 125 heavy (non-hydrogen) atoms. The van der Waals surface area contributed by atoms with Gasteiger partial charge in [-0.3, -0.25) is 0 Å². The molecule has 1 aliphatic carbocycles. The minimum Gasteiger partial charge on any atom is -0.309 e. The first-order valence-electron chi connectivity index (χ1n) is 42.8. The Morgan fingerprint density at radius 3 is 1.02 bits per heavy atom. The number of nitrogens with zero attached hydrogens (tertiary/aromatic N) is 4. The third kappa shape index (κ3) is 11.1. The molecule has 0 radical (unpaired) electrons. The van der Waals surface area contributed by atoms with Crippen LogP contribution in [0.5, 0.6) is 0 Å². The van der Waals surface area contributed by atoms with E-state index >= 15 is 0 Å². The smallest absolute Gasteiger partial charge is 0.0555 e. The predicted octanol–water partition coefficient (Wildman–Crippen LogP) is 34.2. The summed E-state index contributed by atoms with van der Waals surface area (Å²) < 4.78 is 20.5. The first kappa shape index (κ1) is 71.9. The molecule has 28 rings (SSSR count). The number of fused-ring (bicyclic) bond motifs is 30. The SMILES string of the molecule is CC1(C)c2ccccc2-c2ccc(-c3ccc(-n4c5ccccc5c5c6sc7ccccc7c6ccc54)cc3)cc21.c1cc(-c2cccc3c2sc2ccccc23)cc(-n2c3ccccc3c3c4sc5ccccc5c4ccc32)c1.c1ccc(-n2c3ccccc3c3ccc(-c4ccc(-n5c6ccccc6c6c7sc8ccccc8c7ccc65)cc4)cc32)cc1. The molecule has 0 fully saturated rings. The van der Waals surface area contributed by atoms with Gasteiger partial charge in [-0.25, -0.2) is 0 Å². The lowest BCUT2D eigenvalue weighted by atomic mass is 9.81. The van der Waals surface area contributed by atoms with Gasteiger partial charge in [-0.05, 0) is 183 Å². The molecule has 27 aromatic rings. The number of thiophene rings is 4. The van der Waals surface area contributed by atoms with Gasteiger partial charge in [0.2, 0.25) is 0 Å². The molecular weight excluding hydrogens is 1590 g/mol. The van der Waals surface area contributed by atoms with Crippen LogP contribution in [0.15, 0.2) is 413 Å². The van der Waals surface area contributed by atoms with Gasteiger partial charge in [-0.1, -0.05) is 299 Å². The third-order valence-corrected chi connectivity index (χ3v) is 31.4. The van der Waals surface area contributed by atoms with Crippen LogP contribution < -0.4 is 0 Å². The second-order valence-corrected chi connectivity index (χ2v) is 37.8. The molecule has 0 unspecified atom stereocenters. The molecule has 0 spiro atoms. The zero-order valence-electron chi connectivity index (χ0n) is 68.2. The summed E-state index contributed by atoms with van der Waals surface area (Å²) in [5, 5.41) is 21.2. The van der Waals surface area contributed by atoms with E-state index in [1.807, 2.05) is 45.3 Å². The van der Waals surface area contributed by atoms with Gasteiger partial charge in [0, 0.05) is 152 Å². The van der Waals surface area contributed by atoms with Crippen molar-refractivity contribution in [2.75, 3.05) is 0 Å². The van der Waals surface area contributed by atoms with Crippen molar-refractivity contribution in [3.05, 3.63) is 424 Å². The molecule has 0 N–H and O–H groups in total. The molecule has 4 nitrogen and oxygen atoms in total. The van der Waals surface area contributed by atoms with Crippen molar-refractivity contribution in [3.63, 3.8) is 0 Å². The number of benzene rings is 19. The molecule has 1 aliphatic rings. The third-order valence-electron chi connectivity index (χ3n) is 26.5. The Hall–Kier alpha value is -14.7. The maximum atomic E-state index is 2.45. The van der Waals surface area contributed by atoms with E-state index in [4.69, 9.17) is 0 Å². The molecule has 8 aromatic heterocycles. The zero-order valence-corrected chi connectivity index (χ0v) is 71.4. The van der Waals surface area contributed by atoms with E-state index in [-0.39, 0.29) is 5.41 Å². The lowest BCUT2D eigenvalue weighted by molar-refractivity contribution is 0.660. The van der Waals surface area contributed by atoms with Crippen LogP contribution in [-0.4, -0.2) is 18.3 Å². The summed E-state index contributed by atoms with van der Waals surface area (Å²) in [5.74, 6) is 0. The molecule has 0 amide bonds. The number of hydrogen-bond acceptors (Lipinski definition) is 4. The van der Waals surface area contributed by atoms with Gasteiger partial charge in [-0.2, -0.15) is 0 Å². The summed E-state index contributed by atoms with van der Waals surface area (Å²) >= 11 is 7.60. The number of hydrogen-bond donors (Lipinski definition) is 0. The highest BCUT2D eigenvalue weighted by Crippen LogP contribution is 2.52. The van der Waals surface area contributed by atoms with Crippen LogP contribution in [0, 0.1) is 0 Å². The Bertz CT molecular complexity index is 9150. The molecule has 0 saturated carbocycles. The number of rotatable bonds is 7. The molecular formula is C117H74N4S4. The fourth-order valence-electron chi connectivity index (χ4n) is 20.8. The summed E-state index contributed by atoms with van der Waals surface area (Å²) in [6.07, 6.45) is 0. The second kappa shape index (κ2) is 28.2. The maximum Gasteiger partial charge on any atom is 0.0555 e. The van der Waals surface area contributed by atoms with E-state index in [1.54, 1.807) is 0 Å². The monoisotopic (exact) mass is 1660 g/mol. The Morgan fingerprint density at radius 2 is 0.504 bits per heavy atom. The van der Waals surface area contributed by atoms with E-state index < -0.39 is 0 Å². The zero-order chi connectivity index (χ0) is 82.3. The molecule has 19 aromatic carbocycles. The highest BCUT2D eigenvalue weighted by Gasteiger charge is 2.36. The van der Waals surface area contributed by atoms with E-state index in [0.717, 1.165) is 0 Å². The van der Waals surface area contributed by atoms with E-state index in [9.17, 15) is 0 Å². The van der Waals surface area contributed by atoms with Crippen LogP contribution in [0.2, 0.25) is 0 Å². The first-order valence-corrected chi connectivity index (χ1v) is 46.1. The van der Waals surface area contributed by atoms with Crippen LogP contribution in [0.25, 0.3) is 235 Å². The van der Waals surface area contributed by atoms with Crippen LogP contribution in [-0.2, 0) is 5.41 Å². The van der Waals surface area contributed by atoms with Crippen molar-refractivity contribution in [2.45, 2.75) is 19.3 Å². The molecule has 0 bridgehead atoms. The second-order valence-electron chi connectivity index (χ2n) is 33.6. The normalized spacial score (nSPS) is 12.6. The quantitative estimate of drug-likeness (QED) is 0.152. The van der Waals surface area contributed by atoms with Crippen LogP contribution in [0.3, 0.4) is 0 Å². The highest BCUT2D eigenvalue weighted by atomic mass is 32.1. The fourth-order valence-corrected chi connectivity index (χ4v) is 25.8. The van der Waals surface area contributed by atoms with Gasteiger partial charge in [0.15, 0.2) is 0 Å². The summed E-state index contributed by atoms with van der Waals surface area (Å²) in [6, 6.07) is 152. The van der Waals surface area contributed by atoms with E-state index in [2.05, 4.69) is 445 Å². The molecule has 0 aliphatic heterocycles. The van der Waals surface area contributed by atoms with Gasteiger partial charge in [0.1, 0.15) is 0 Å². The fraction of sp³-hybridized carbons (Fsp3) is 0.0256. The van der Waals surface area contributed by atoms with E-state index in [1.165, 1.54) is 246 Å². The average Bonchev–Trinajstić information content (AvgIpc) is 1.57. The van der Waals surface area contributed by atoms with Crippen molar-refractivity contribution < 1.29 is 0 Å². The Balaban J connectivity index is 0.000000100.